The number of ketones is 1. The van der Waals surface area contributed by atoms with Crippen molar-refractivity contribution in [1.29, 1.82) is 0 Å². The molecule has 3 atom stereocenters. The Morgan fingerprint density at radius 1 is 0.549 bits per heavy atom. The highest BCUT2D eigenvalue weighted by Crippen LogP contribution is 2.61. The fraction of sp³-hybridized carbons (Fsp3) is 0.329. The third kappa shape index (κ3) is 21.2. The van der Waals surface area contributed by atoms with Gasteiger partial charge in [0, 0.05) is 93.8 Å². The number of aromatic nitrogens is 8. The van der Waals surface area contributed by atoms with E-state index in [0.717, 1.165) is 49.6 Å². The summed E-state index contributed by atoms with van der Waals surface area (Å²) in [5.74, 6) is -5.96. The average Bonchev–Trinajstić information content (AvgIpc) is 1.63. The Bertz CT molecular complexity index is 5530. The number of hydrogen-bond acceptors (Lipinski definition) is 13. The molecule has 3 aliphatic rings. The number of amides is 5. The molecule has 3 aromatic carbocycles. The van der Waals surface area contributed by atoms with E-state index in [4.69, 9.17) is 4.42 Å². The van der Waals surface area contributed by atoms with E-state index in [1.807, 2.05) is 6.92 Å². The first-order valence-corrected chi connectivity index (χ1v) is 37.9. The van der Waals surface area contributed by atoms with Gasteiger partial charge in [-0.1, -0.05) is 30.2 Å². The molecule has 3 aliphatic heterocycles. The number of hydrazine groups is 1. The maximum Gasteiger partial charge on any atom is 0.419 e. The van der Waals surface area contributed by atoms with E-state index in [-0.39, 0.29) is 150 Å². The molecule has 0 saturated carbocycles. The molecule has 3 saturated heterocycles. The molecule has 3 fully saturated rings. The minimum atomic E-state index is -5.03. The Kier molecular flexibility index (Phi) is 26.9. The Hall–Kier alpha value is -10.7. The minimum Gasteiger partial charge on any atom is -0.408 e. The van der Waals surface area contributed by atoms with Crippen molar-refractivity contribution in [3.63, 3.8) is 0 Å². The lowest BCUT2D eigenvalue weighted by atomic mass is 10.0. The van der Waals surface area contributed by atoms with Gasteiger partial charge in [-0.05, 0) is 131 Å². The van der Waals surface area contributed by atoms with Crippen molar-refractivity contribution >= 4 is 107 Å². The second kappa shape index (κ2) is 35.2. The van der Waals surface area contributed by atoms with Crippen LogP contribution < -0.4 is 27.5 Å². The molecule has 3 N–H and O–H groups in total. The van der Waals surface area contributed by atoms with Crippen LogP contribution in [0, 0.1) is 24.4 Å². The first-order valence-electron chi connectivity index (χ1n) is 33.4. The summed E-state index contributed by atoms with van der Waals surface area (Å²) in [5, 5.41) is 4.24. The number of rotatable bonds is 11. The van der Waals surface area contributed by atoms with Crippen molar-refractivity contribution in [3.05, 3.63) is 181 Å². The van der Waals surface area contributed by atoms with Crippen LogP contribution >= 0.6 is 38.9 Å². The summed E-state index contributed by atoms with van der Waals surface area (Å²) in [6.07, 6.45) is -9.27. The van der Waals surface area contributed by atoms with Crippen LogP contribution in [0.3, 0.4) is 0 Å². The molecule has 604 valence electrons. The van der Waals surface area contributed by atoms with Gasteiger partial charge in [0.05, 0.1) is 69.0 Å². The molecule has 0 bridgehead atoms. The summed E-state index contributed by atoms with van der Waals surface area (Å²) in [7, 11) is 0. The first kappa shape index (κ1) is 86.3. The monoisotopic (exact) mass is 1680 g/mol. The predicted molar refractivity (Wildman–Crippen MR) is 382 cm³/mol. The molecule has 13 rings (SSSR count). The second-order valence-electron chi connectivity index (χ2n) is 25.5. The number of alkyl halides is 12. The van der Waals surface area contributed by atoms with Crippen LogP contribution in [0.1, 0.15) is 69.0 Å². The number of fused-ring (bicyclic) bond motifs is 3. The summed E-state index contributed by atoms with van der Waals surface area (Å²) in [5.41, 5.74) is -2.13. The number of H-pyrrole nitrogens is 1. The van der Waals surface area contributed by atoms with Crippen molar-refractivity contribution < 1.29 is 104 Å². The van der Waals surface area contributed by atoms with Crippen molar-refractivity contribution in [3.8, 4) is 39.4 Å². The molecule has 0 spiro atoms. The molecule has 5 amide bonds. The standard InChI is InChI=1S/C23H20F5N5O4.C23H18F5N5O3.C20H16F5N3O2.C4H8O.Cl3OP/c1-12(34)29-30-22(37)33-10-15(13-2-3-17(25)16(8-13)23(26,27)28)20-18(33)5-7-32(21(20)36)11-19(35)31-6-4-14(24)9-31;1-12-29-30-22(36-12)33-10-15(13-2-3-17(25)16(8-13)23(26,27)28)20-18(33)5-7-32(21(20)35)11-19(34)31-6-4-14(24)9-31;21-12-3-5-27(9-12)17(29)10-28-6-4-16-18(19(28)30)13(8-26-16)11-1-2-15(22)14(7-11)20(23,24)25;1-3-4(2)5;1-5(2,3)4/h2-3,5,7-8,10,14H,4,6,9,11H2,1H3,(H,29,34)(H,30,37);2-3,5,7-8,10,14H,4,6,9,11H2,1H3;1-2,4,6-8,12,26H,3,5,9-10H2;3H2,1-2H3;. The molecule has 0 aliphatic carbocycles. The molecular weight excluding hydrogens is 1620 g/mol. The lowest BCUT2D eigenvalue weighted by molar-refractivity contribution is -0.140. The van der Waals surface area contributed by atoms with Crippen LogP contribution in [0.2, 0.25) is 0 Å². The van der Waals surface area contributed by atoms with E-state index < -0.39 is 129 Å². The first-order chi connectivity index (χ1) is 52.8. The molecule has 0 radical (unpaired) electrons. The number of pyridine rings is 3. The topological polar surface area (TPSA) is 284 Å². The Balaban J connectivity index is 0.000000184. The highest BCUT2D eigenvalue weighted by molar-refractivity contribution is 8.24. The largest absolute Gasteiger partial charge is 0.419 e. The number of benzene rings is 3. The number of nitrogens with zero attached hydrogens (tertiary/aromatic N) is 10. The predicted octanol–water partition coefficient (Wildman–Crippen LogP) is 14.2. The van der Waals surface area contributed by atoms with Crippen LogP contribution in [0.5, 0.6) is 0 Å². The van der Waals surface area contributed by atoms with Crippen LogP contribution in [-0.2, 0) is 66.7 Å². The number of hydrogen-bond donors (Lipinski definition) is 3. The normalized spacial score (nSPS) is 15.7. The number of aromatic amines is 1. The van der Waals surface area contributed by atoms with Gasteiger partial charge >= 0.3 is 35.8 Å². The number of Topliss-reactive ketones (excluding diaryl/α,β-unsaturated/α-hetero) is 1. The zero-order valence-electron chi connectivity index (χ0n) is 59.0. The van der Waals surface area contributed by atoms with Gasteiger partial charge in [-0.2, -0.15) is 39.5 Å². The molecular formula is C70H62Cl3F15N13O11P. The van der Waals surface area contributed by atoms with Crippen LogP contribution in [-0.4, -0.2) is 146 Å². The van der Waals surface area contributed by atoms with E-state index in [0.29, 0.717) is 48.3 Å². The Labute approximate surface area is 641 Å². The molecule has 10 aromatic rings. The van der Waals surface area contributed by atoms with Crippen molar-refractivity contribution in [2.75, 3.05) is 39.3 Å². The zero-order valence-corrected chi connectivity index (χ0v) is 62.2. The van der Waals surface area contributed by atoms with Gasteiger partial charge in [0.2, 0.25) is 29.5 Å². The highest BCUT2D eigenvalue weighted by atomic mass is 36.0. The van der Waals surface area contributed by atoms with Gasteiger partial charge < -0.3 is 42.6 Å². The quantitative estimate of drug-likeness (QED) is 0.0618. The molecule has 24 nitrogen and oxygen atoms in total. The maximum absolute atomic E-state index is 13.9. The number of nitrogens with one attached hydrogen (secondary N) is 3. The van der Waals surface area contributed by atoms with Gasteiger partial charge in [0.15, 0.2) is 0 Å². The van der Waals surface area contributed by atoms with Gasteiger partial charge in [0.1, 0.15) is 61.4 Å². The number of halogens is 18. The SMILES string of the molecule is CC(=O)NNC(=O)n1cc(-c2ccc(F)c(C(F)(F)F)c2)c2c(=O)n(CC(=O)N3CCC(F)C3)ccc21.CCC(C)=O.Cc1nnc(-n2cc(-c3ccc(F)c(C(F)(F)F)c3)c3c(=O)n(CC(=O)N4CCC(F)C4)ccc32)o1.O=C(Cn1ccc2[nH]cc(-c3ccc(F)c(C(F)(F)F)c3)c2c1=O)N1CCC(F)C1.O=P(Cl)(Cl)Cl. The molecule has 3 unspecified atom stereocenters. The minimum absolute atomic E-state index is 0.0102. The molecule has 43 heteroatoms. The van der Waals surface area contributed by atoms with Gasteiger partial charge in [0.25, 0.3) is 16.7 Å². The summed E-state index contributed by atoms with van der Waals surface area (Å²) in [4.78, 5) is 118. The average molecular weight is 1680 g/mol. The van der Waals surface area contributed by atoms with E-state index >= 15 is 0 Å². The summed E-state index contributed by atoms with van der Waals surface area (Å²) in [6.45, 7) is 5.39. The zero-order chi connectivity index (χ0) is 83.3. The summed E-state index contributed by atoms with van der Waals surface area (Å²) in [6, 6.07) is 10.3. The van der Waals surface area contributed by atoms with Gasteiger partial charge in [-0.3, -0.25) is 52.7 Å². The number of carbonyl (C=O) groups is 6. The smallest absolute Gasteiger partial charge is 0.408 e. The number of carbonyl (C=O) groups excluding carboxylic acids is 6. The molecule has 7 aromatic heterocycles. The number of aryl methyl sites for hydroxylation is 1. The Morgan fingerprint density at radius 2 is 0.920 bits per heavy atom. The highest BCUT2D eigenvalue weighted by Gasteiger charge is 2.38. The fourth-order valence-electron chi connectivity index (χ4n) is 12.0. The lowest BCUT2D eigenvalue weighted by Gasteiger charge is -2.16. The third-order valence-corrected chi connectivity index (χ3v) is 17.6. The van der Waals surface area contributed by atoms with Crippen LogP contribution in [0.15, 0.2) is 129 Å². The van der Waals surface area contributed by atoms with E-state index in [2.05, 4.69) is 59.8 Å². The number of likely N-dealkylation sites (tertiary alicyclic amines) is 3. The van der Waals surface area contributed by atoms with E-state index in [1.54, 1.807) is 6.92 Å². The Morgan fingerprint density at radius 3 is 1.28 bits per heavy atom. The lowest BCUT2D eigenvalue weighted by Crippen LogP contribution is -2.42. The van der Waals surface area contributed by atoms with Crippen molar-refractivity contribution in [1.82, 2.24) is 63.6 Å². The summed E-state index contributed by atoms with van der Waals surface area (Å²) >= 11 is 13.8. The van der Waals surface area contributed by atoms with Gasteiger partial charge in [-0.25, -0.2) is 36.6 Å². The van der Waals surface area contributed by atoms with Crippen LogP contribution in [0.25, 0.3) is 72.1 Å². The second-order valence-corrected chi connectivity index (χ2v) is 32.1. The fourth-order valence-corrected chi connectivity index (χ4v) is 12.0. The molecule has 113 heavy (non-hydrogen) atoms. The maximum atomic E-state index is 13.9. The van der Waals surface area contributed by atoms with Crippen LogP contribution in [0.4, 0.5) is 70.7 Å². The van der Waals surface area contributed by atoms with Crippen molar-refractivity contribution in [2.24, 2.45) is 0 Å². The summed E-state index contributed by atoms with van der Waals surface area (Å²) < 4.78 is 222. The van der Waals surface area contributed by atoms with Crippen molar-refractivity contribution in [2.45, 2.75) is 110 Å². The van der Waals surface area contributed by atoms with Gasteiger partial charge in [-0.15, -0.1) is 5.10 Å². The van der Waals surface area contributed by atoms with E-state index in [1.165, 1.54) is 75.4 Å². The third-order valence-electron chi connectivity index (χ3n) is 17.6. The molecule has 10 heterocycles. The van der Waals surface area contributed by atoms with E-state index in [9.17, 15) is 114 Å².